The van der Waals surface area contributed by atoms with Gasteiger partial charge in [-0.1, -0.05) is 49.2 Å². The molecule has 2 aromatic rings. The Kier molecular flexibility index (Phi) is 4.95. The highest BCUT2D eigenvalue weighted by atomic mass is 16.2. The van der Waals surface area contributed by atoms with E-state index in [9.17, 15) is 14.4 Å². The van der Waals surface area contributed by atoms with Gasteiger partial charge >= 0.3 is 6.03 Å². The lowest BCUT2D eigenvalue weighted by atomic mass is 9.78. The van der Waals surface area contributed by atoms with Crippen molar-refractivity contribution in [2.24, 2.45) is 5.92 Å². The average Bonchev–Trinajstić information content (AvgIpc) is 3.02. The van der Waals surface area contributed by atoms with Gasteiger partial charge in [0, 0.05) is 12.6 Å². The van der Waals surface area contributed by atoms with E-state index >= 15 is 0 Å². The van der Waals surface area contributed by atoms with Gasteiger partial charge in [0.25, 0.3) is 5.91 Å². The average molecular weight is 420 g/mol. The first-order valence-electron chi connectivity index (χ1n) is 11.4. The second kappa shape index (κ2) is 7.66. The summed E-state index contributed by atoms with van der Waals surface area (Å²) >= 11 is 0. The lowest BCUT2D eigenvalue weighted by molar-refractivity contribution is -0.142. The summed E-state index contributed by atoms with van der Waals surface area (Å²) in [6.07, 6.45) is 6.77. The topological polar surface area (TPSA) is 69.7 Å². The zero-order chi connectivity index (χ0) is 21.6. The van der Waals surface area contributed by atoms with Crippen molar-refractivity contribution in [1.82, 2.24) is 15.1 Å². The minimum atomic E-state index is -1.17. The summed E-state index contributed by atoms with van der Waals surface area (Å²) in [4.78, 5) is 42.3. The van der Waals surface area contributed by atoms with Crippen LogP contribution in [0.1, 0.15) is 51.0 Å². The van der Waals surface area contributed by atoms with Gasteiger partial charge in [0.2, 0.25) is 5.91 Å². The van der Waals surface area contributed by atoms with E-state index in [2.05, 4.69) is 5.32 Å². The number of hydrogen-bond donors (Lipinski definition) is 1. The van der Waals surface area contributed by atoms with E-state index in [1.165, 1.54) is 19.3 Å². The molecular weight excluding hydrogens is 390 g/mol. The molecule has 2 saturated heterocycles. The Morgan fingerprint density at radius 2 is 1.77 bits per heavy atom. The summed E-state index contributed by atoms with van der Waals surface area (Å²) in [7, 11) is 0. The number of amides is 4. The number of benzene rings is 2. The molecule has 1 N–H and O–H groups in total. The molecule has 3 fully saturated rings. The van der Waals surface area contributed by atoms with Gasteiger partial charge in [-0.2, -0.15) is 0 Å². The third kappa shape index (κ3) is 3.38. The fraction of sp³-hybridized carbons (Fsp3) is 0.480. The van der Waals surface area contributed by atoms with E-state index < -0.39 is 11.6 Å². The van der Waals surface area contributed by atoms with Crippen molar-refractivity contribution >= 4 is 28.6 Å². The quantitative estimate of drug-likeness (QED) is 0.770. The van der Waals surface area contributed by atoms with Gasteiger partial charge in [0.05, 0.1) is 0 Å². The number of fused-ring (bicyclic) bond motifs is 2. The number of nitrogens with zero attached hydrogens (tertiary/aromatic N) is 2. The van der Waals surface area contributed by atoms with Crippen LogP contribution >= 0.6 is 0 Å². The molecule has 6 nitrogen and oxygen atoms in total. The standard InChI is InChI=1S/C25H29N3O3/c1-25(20-13-12-17-7-2-3-9-19(17)15-20)23(30)28(24(31)26-25)16-22(29)27-14-6-10-18-8-4-5-11-21(18)27/h2-3,7,9,12-13,15,18,21H,4-6,8,10-11,14,16H2,1H3,(H,26,31)/t18-,21+,25+/m1/s1. The van der Waals surface area contributed by atoms with Gasteiger partial charge in [-0.05, 0) is 60.9 Å². The molecular formula is C25H29N3O3. The van der Waals surface area contributed by atoms with E-state index in [1.54, 1.807) is 6.92 Å². The summed E-state index contributed by atoms with van der Waals surface area (Å²) in [5.74, 6) is 0.0959. The van der Waals surface area contributed by atoms with Gasteiger partial charge in [-0.25, -0.2) is 4.79 Å². The maximum absolute atomic E-state index is 13.3. The van der Waals surface area contributed by atoms with Crippen LogP contribution in [-0.2, 0) is 15.1 Å². The highest BCUT2D eigenvalue weighted by Crippen LogP contribution is 2.36. The predicted octanol–water partition coefficient (Wildman–Crippen LogP) is 3.79. The van der Waals surface area contributed by atoms with Crippen molar-refractivity contribution < 1.29 is 14.4 Å². The largest absolute Gasteiger partial charge is 0.338 e. The Morgan fingerprint density at radius 1 is 1.03 bits per heavy atom. The maximum atomic E-state index is 13.3. The number of carbonyl (C=O) groups is 3. The van der Waals surface area contributed by atoms with Crippen LogP contribution in [0.4, 0.5) is 4.79 Å². The molecule has 0 unspecified atom stereocenters. The molecule has 1 saturated carbocycles. The number of nitrogens with one attached hydrogen (secondary N) is 1. The van der Waals surface area contributed by atoms with E-state index in [1.807, 2.05) is 47.4 Å². The maximum Gasteiger partial charge on any atom is 0.325 e. The number of hydrogen-bond acceptors (Lipinski definition) is 3. The minimum Gasteiger partial charge on any atom is -0.338 e. The Morgan fingerprint density at radius 3 is 2.61 bits per heavy atom. The summed E-state index contributed by atoms with van der Waals surface area (Å²) in [5.41, 5.74) is -0.443. The highest BCUT2D eigenvalue weighted by molar-refractivity contribution is 6.09. The van der Waals surface area contributed by atoms with Crippen molar-refractivity contribution in [2.45, 2.75) is 57.0 Å². The highest BCUT2D eigenvalue weighted by Gasteiger charge is 2.50. The normalized spacial score (nSPS) is 28.5. The van der Waals surface area contributed by atoms with E-state index in [-0.39, 0.29) is 24.4 Å². The fourth-order valence-electron chi connectivity index (χ4n) is 5.70. The van der Waals surface area contributed by atoms with Gasteiger partial charge in [0.15, 0.2) is 0 Å². The lowest BCUT2D eigenvalue weighted by Gasteiger charge is -2.44. The zero-order valence-electron chi connectivity index (χ0n) is 18.0. The van der Waals surface area contributed by atoms with Gasteiger partial charge in [-0.3, -0.25) is 14.5 Å². The summed E-state index contributed by atoms with van der Waals surface area (Å²) in [6, 6.07) is 13.5. The monoisotopic (exact) mass is 419 g/mol. The van der Waals surface area contributed by atoms with Crippen LogP contribution in [0.25, 0.3) is 10.8 Å². The van der Waals surface area contributed by atoms with Crippen LogP contribution in [0, 0.1) is 5.92 Å². The van der Waals surface area contributed by atoms with Crippen molar-refractivity contribution in [3.05, 3.63) is 48.0 Å². The molecule has 2 heterocycles. The molecule has 6 heteroatoms. The molecule has 1 aliphatic carbocycles. The Bertz CT molecular complexity index is 1050. The van der Waals surface area contributed by atoms with Crippen molar-refractivity contribution in [3.63, 3.8) is 0 Å². The summed E-state index contributed by atoms with van der Waals surface area (Å²) in [6.45, 7) is 2.27. The summed E-state index contributed by atoms with van der Waals surface area (Å²) in [5, 5.41) is 4.93. The molecule has 4 amide bonds. The lowest BCUT2D eigenvalue weighted by Crippen LogP contribution is -2.53. The smallest absolute Gasteiger partial charge is 0.325 e. The number of likely N-dealkylation sites (tertiary alicyclic amines) is 1. The zero-order valence-corrected chi connectivity index (χ0v) is 18.0. The van der Waals surface area contributed by atoms with E-state index in [4.69, 9.17) is 0 Å². The number of imide groups is 1. The molecule has 3 aliphatic rings. The Balaban J connectivity index is 1.36. The Hall–Kier alpha value is -2.89. The van der Waals surface area contributed by atoms with E-state index in [0.717, 1.165) is 47.0 Å². The fourth-order valence-corrected chi connectivity index (χ4v) is 5.70. The molecule has 0 bridgehead atoms. The second-order valence-corrected chi connectivity index (χ2v) is 9.35. The van der Waals surface area contributed by atoms with Crippen LogP contribution < -0.4 is 5.32 Å². The molecule has 2 aliphatic heterocycles. The van der Waals surface area contributed by atoms with Crippen LogP contribution in [0.3, 0.4) is 0 Å². The van der Waals surface area contributed by atoms with Crippen LogP contribution in [0.15, 0.2) is 42.5 Å². The second-order valence-electron chi connectivity index (χ2n) is 9.35. The number of carbonyl (C=O) groups excluding carboxylic acids is 3. The molecule has 2 aromatic carbocycles. The van der Waals surface area contributed by atoms with Crippen LogP contribution in [-0.4, -0.2) is 46.8 Å². The summed E-state index contributed by atoms with van der Waals surface area (Å²) < 4.78 is 0. The molecule has 5 rings (SSSR count). The minimum absolute atomic E-state index is 0.108. The SMILES string of the molecule is C[C@@]1(c2ccc3ccccc3c2)NC(=O)N(CC(=O)N2CCC[C@H]3CCCC[C@@H]32)C1=O. The van der Waals surface area contributed by atoms with Gasteiger partial charge in [-0.15, -0.1) is 0 Å². The molecule has 0 radical (unpaired) electrons. The third-order valence-corrected chi connectivity index (χ3v) is 7.46. The number of piperidine rings is 1. The first-order chi connectivity index (χ1) is 15.0. The first kappa shape index (κ1) is 20.0. The van der Waals surface area contributed by atoms with Crippen LogP contribution in [0.2, 0.25) is 0 Å². The molecule has 162 valence electrons. The van der Waals surface area contributed by atoms with Crippen molar-refractivity contribution in [3.8, 4) is 0 Å². The molecule has 31 heavy (non-hydrogen) atoms. The number of rotatable bonds is 3. The molecule has 0 aromatic heterocycles. The predicted molar refractivity (Wildman–Crippen MR) is 118 cm³/mol. The van der Waals surface area contributed by atoms with Crippen molar-refractivity contribution in [2.75, 3.05) is 13.1 Å². The Labute approximate surface area is 182 Å². The van der Waals surface area contributed by atoms with Gasteiger partial charge in [0.1, 0.15) is 12.1 Å². The third-order valence-electron chi connectivity index (χ3n) is 7.46. The van der Waals surface area contributed by atoms with E-state index in [0.29, 0.717) is 5.92 Å². The van der Waals surface area contributed by atoms with Gasteiger partial charge < -0.3 is 10.2 Å². The van der Waals surface area contributed by atoms with Crippen molar-refractivity contribution in [1.29, 1.82) is 0 Å². The number of urea groups is 1. The first-order valence-corrected chi connectivity index (χ1v) is 11.4. The molecule has 3 atom stereocenters. The molecule has 0 spiro atoms. The van der Waals surface area contributed by atoms with Crippen LogP contribution in [0.5, 0.6) is 0 Å².